The van der Waals surface area contributed by atoms with E-state index in [4.69, 9.17) is 9.47 Å². The zero-order valence-electron chi connectivity index (χ0n) is 13.1. The van der Waals surface area contributed by atoms with Crippen LogP contribution in [0.5, 0.6) is 11.5 Å². The third kappa shape index (κ3) is 3.80. The Kier molecular flexibility index (Phi) is 4.96. The highest BCUT2D eigenvalue weighted by molar-refractivity contribution is 5.65. The van der Waals surface area contributed by atoms with Crippen LogP contribution in [0, 0.1) is 0 Å². The second-order valence-electron chi connectivity index (χ2n) is 5.65. The van der Waals surface area contributed by atoms with Crippen molar-refractivity contribution in [3.05, 3.63) is 48.5 Å². The summed E-state index contributed by atoms with van der Waals surface area (Å²) in [5, 5.41) is 0. The van der Waals surface area contributed by atoms with Crippen molar-refractivity contribution >= 4 is 0 Å². The molecule has 0 aromatic heterocycles. The highest BCUT2D eigenvalue weighted by Crippen LogP contribution is 2.25. The van der Waals surface area contributed by atoms with Gasteiger partial charge in [-0.05, 0) is 61.3 Å². The van der Waals surface area contributed by atoms with E-state index in [9.17, 15) is 0 Å². The highest BCUT2D eigenvalue weighted by atomic mass is 16.5. The molecule has 1 aliphatic rings. The maximum absolute atomic E-state index is 5.84. The van der Waals surface area contributed by atoms with Crippen LogP contribution in [0.15, 0.2) is 48.5 Å². The van der Waals surface area contributed by atoms with Gasteiger partial charge in [0.2, 0.25) is 0 Å². The summed E-state index contributed by atoms with van der Waals surface area (Å²) in [5.41, 5.74) is 2.33. The molecule has 0 aliphatic carbocycles. The van der Waals surface area contributed by atoms with Crippen LogP contribution in [-0.2, 0) is 0 Å². The molecule has 1 saturated heterocycles. The lowest BCUT2D eigenvalue weighted by Crippen LogP contribution is -2.25. The Labute approximate surface area is 132 Å². The summed E-state index contributed by atoms with van der Waals surface area (Å²) in [4.78, 5) is 2.46. The van der Waals surface area contributed by atoms with Crippen LogP contribution in [0.25, 0.3) is 11.1 Å². The number of nitrogens with zero attached hydrogens (tertiary/aromatic N) is 1. The first kappa shape index (κ1) is 14.9. The van der Waals surface area contributed by atoms with E-state index in [1.54, 1.807) is 7.11 Å². The monoisotopic (exact) mass is 297 g/mol. The standard InChI is InChI=1S/C19H23NO2/c1-21-19-6-4-5-17(15-19)16-7-9-18(10-8-16)22-14-13-20-11-2-3-12-20/h4-10,15H,2-3,11-14H2,1H3. The molecule has 1 aliphatic heterocycles. The molecule has 0 atom stereocenters. The number of benzene rings is 2. The van der Waals surface area contributed by atoms with Crippen molar-refractivity contribution in [2.75, 3.05) is 33.4 Å². The average Bonchev–Trinajstić information content (AvgIpc) is 3.09. The number of methoxy groups -OCH3 is 1. The molecule has 2 aromatic carbocycles. The van der Waals surface area contributed by atoms with Crippen LogP contribution in [0.4, 0.5) is 0 Å². The largest absolute Gasteiger partial charge is 0.497 e. The van der Waals surface area contributed by atoms with E-state index >= 15 is 0 Å². The number of likely N-dealkylation sites (tertiary alicyclic amines) is 1. The van der Waals surface area contributed by atoms with Gasteiger partial charge in [0.05, 0.1) is 7.11 Å². The summed E-state index contributed by atoms with van der Waals surface area (Å²) in [6.07, 6.45) is 2.66. The number of hydrogen-bond acceptors (Lipinski definition) is 3. The van der Waals surface area contributed by atoms with Crippen molar-refractivity contribution in [2.45, 2.75) is 12.8 Å². The van der Waals surface area contributed by atoms with Gasteiger partial charge in [-0.25, -0.2) is 0 Å². The minimum Gasteiger partial charge on any atom is -0.497 e. The molecule has 3 heteroatoms. The first-order valence-corrected chi connectivity index (χ1v) is 7.95. The summed E-state index contributed by atoms with van der Waals surface area (Å²) in [6.45, 7) is 4.23. The average molecular weight is 297 g/mol. The Bertz CT molecular complexity index is 589. The Morgan fingerprint density at radius 2 is 1.68 bits per heavy atom. The van der Waals surface area contributed by atoms with Crippen molar-refractivity contribution in [2.24, 2.45) is 0 Å². The topological polar surface area (TPSA) is 21.7 Å². The van der Waals surface area contributed by atoms with Gasteiger partial charge < -0.3 is 9.47 Å². The van der Waals surface area contributed by atoms with Gasteiger partial charge in [-0.2, -0.15) is 0 Å². The maximum atomic E-state index is 5.84. The van der Waals surface area contributed by atoms with Crippen molar-refractivity contribution in [3.8, 4) is 22.6 Å². The predicted molar refractivity (Wildman–Crippen MR) is 89.6 cm³/mol. The fourth-order valence-corrected chi connectivity index (χ4v) is 2.85. The lowest BCUT2D eigenvalue weighted by atomic mass is 10.1. The fraction of sp³-hybridized carbons (Fsp3) is 0.368. The number of rotatable bonds is 6. The van der Waals surface area contributed by atoms with Gasteiger partial charge in [0.1, 0.15) is 18.1 Å². The third-order valence-corrected chi connectivity index (χ3v) is 4.13. The fourth-order valence-electron chi connectivity index (χ4n) is 2.85. The molecule has 0 N–H and O–H groups in total. The van der Waals surface area contributed by atoms with Crippen molar-refractivity contribution in [1.82, 2.24) is 4.90 Å². The van der Waals surface area contributed by atoms with E-state index in [2.05, 4.69) is 23.1 Å². The van der Waals surface area contributed by atoms with Crippen molar-refractivity contribution < 1.29 is 9.47 Å². The molecule has 2 aromatic rings. The smallest absolute Gasteiger partial charge is 0.119 e. The Morgan fingerprint density at radius 1 is 0.909 bits per heavy atom. The molecule has 0 radical (unpaired) electrons. The summed E-state index contributed by atoms with van der Waals surface area (Å²) in [6, 6.07) is 16.4. The van der Waals surface area contributed by atoms with Crippen LogP contribution in [0.1, 0.15) is 12.8 Å². The molecule has 116 valence electrons. The van der Waals surface area contributed by atoms with Crippen molar-refractivity contribution in [3.63, 3.8) is 0 Å². The summed E-state index contributed by atoms with van der Waals surface area (Å²) < 4.78 is 11.1. The zero-order chi connectivity index (χ0) is 15.2. The Morgan fingerprint density at radius 3 is 2.41 bits per heavy atom. The van der Waals surface area contributed by atoms with Crippen LogP contribution in [0.3, 0.4) is 0 Å². The second kappa shape index (κ2) is 7.32. The van der Waals surface area contributed by atoms with E-state index in [0.717, 1.165) is 30.2 Å². The number of ether oxygens (including phenoxy) is 2. The molecular formula is C19H23NO2. The van der Waals surface area contributed by atoms with E-state index in [1.165, 1.54) is 31.5 Å². The molecule has 1 heterocycles. The van der Waals surface area contributed by atoms with Gasteiger partial charge >= 0.3 is 0 Å². The van der Waals surface area contributed by atoms with E-state index in [1.807, 2.05) is 30.3 Å². The van der Waals surface area contributed by atoms with Gasteiger partial charge in [-0.3, -0.25) is 4.90 Å². The van der Waals surface area contributed by atoms with Crippen LogP contribution < -0.4 is 9.47 Å². The summed E-state index contributed by atoms with van der Waals surface area (Å²) in [7, 11) is 1.69. The van der Waals surface area contributed by atoms with Crippen molar-refractivity contribution in [1.29, 1.82) is 0 Å². The quantitative estimate of drug-likeness (QED) is 0.808. The van der Waals surface area contributed by atoms with Gasteiger partial charge in [0, 0.05) is 6.54 Å². The lowest BCUT2D eigenvalue weighted by molar-refractivity contribution is 0.238. The van der Waals surface area contributed by atoms with Gasteiger partial charge in [-0.15, -0.1) is 0 Å². The molecule has 0 saturated carbocycles. The second-order valence-corrected chi connectivity index (χ2v) is 5.65. The van der Waals surface area contributed by atoms with Crippen LogP contribution in [-0.4, -0.2) is 38.3 Å². The van der Waals surface area contributed by atoms with Crippen LogP contribution in [0.2, 0.25) is 0 Å². The van der Waals surface area contributed by atoms with E-state index in [0.29, 0.717) is 0 Å². The normalized spacial score (nSPS) is 15.0. The number of hydrogen-bond donors (Lipinski definition) is 0. The first-order chi connectivity index (χ1) is 10.8. The molecule has 22 heavy (non-hydrogen) atoms. The third-order valence-electron chi connectivity index (χ3n) is 4.13. The summed E-state index contributed by atoms with van der Waals surface area (Å²) >= 11 is 0. The minimum atomic E-state index is 0.762. The van der Waals surface area contributed by atoms with Gasteiger partial charge in [-0.1, -0.05) is 24.3 Å². The maximum Gasteiger partial charge on any atom is 0.119 e. The molecule has 0 unspecified atom stereocenters. The molecule has 0 bridgehead atoms. The molecular weight excluding hydrogens is 274 g/mol. The predicted octanol–water partition coefficient (Wildman–Crippen LogP) is 3.84. The SMILES string of the molecule is COc1cccc(-c2ccc(OCCN3CCCC3)cc2)c1. The summed E-state index contributed by atoms with van der Waals surface area (Å²) in [5.74, 6) is 1.81. The minimum absolute atomic E-state index is 0.762. The molecule has 1 fully saturated rings. The molecule has 3 nitrogen and oxygen atoms in total. The zero-order valence-corrected chi connectivity index (χ0v) is 13.1. The molecule has 0 amide bonds. The van der Waals surface area contributed by atoms with Crippen LogP contribution >= 0.6 is 0 Å². The lowest BCUT2D eigenvalue weighted by Gasteiger charge is -2.15. The molecule has 3 rings (SSSR count). The Balaban J connectivity index is 1.57. The van der Waals surface area contributed by atoms with Gasteiger partial charge in [0.25, 0.3) is 0 Å². The highest BCUT2D eigenvalue weighted by Gasteiger charge is 2.10. The van der Waals surface area contributed by atoms with E-state index in [-0.39, 0.29) is 0 Å². The molecule has 0 spiro atoms. The first-order valence-electron chi connectivity index (χ1n) is 7.95. The van der Waals surface area contributed by atoms with Gasteiger partial charge in [0.15, 0.2) is 0 Å². The van der Waals surface area contributed by atoms with E-state index < -0.39 is 0 Å². The Hall–Kier alpha value is -2.00.